The smallest absolute Gasteiger partial charge is 0.00763 e. The summed E-state index contributed by atoms with van der Waals surface area (Å²) in [5.41, 5.74) is 5.02. The third-order valence-corrected chi connectivity index (χ3v) is 11.1. The fourth-order valence-corrected chi connectivity index (χ4v) is 9.84. The molecule has 0 bridgehead atoms. The molecule has 0 amide bonds. The van der Waals surface area contributed by atoms with E-state index in [1.54, 1.807) is 0 Å². The largest absolute Gasteiger partial charge is 0.0871 e. The second-order valence-corrected chi connectivity index (χ2v) is 12.2. The first-order valence-electron chi connectivity index (χ1n) is 12.5. The van der Waals surface area contributed by atoms with Crippen molar-refractivity contribution < 1.29 is 0 Å². The van der Waals surface area contributed by atoms with E-state index in [1.165, 1.54) is 43.5 Å². The quantitative estimate of drug-likeness (QED) is 0.191. The average Bonchev–Trinajstić information content (AvgIpc) is 2.97. The number of hydrogen-bond donors (Lipinski definition) is 0. The maximum Gasteiger partial charge on any atom is -0.00763 e. The zero-order chi connectivity index (χ0) is 24.8. The van der Waals surface area contributed by atoms with Gasteiger partial charge < -0.3 is 0 Å². The summed E-state index contributed by atoms with van der Waals surface area (Å²) in [6, 6.07) is 44.0. The van der Waals surface area contributed by atoms with Gasteiger partial charge in [0.05, 0.1) is 0 Å². The van der Waals surface area contributed by atoms with E-state index in [0.717, 1.165) is 0 Å². The summed E-state index contributed by atoms with van der Waals surface area (Å²) in [6.45, 7) is 2.05. The van der Waals surface area contributed by atoms with Gasteiger partial charge in [-0.25, -0.2) is 0 Å². The maximum absolute atomic E-state index is 2.45. The van der Waals surface area contributed by atoms with Gasteiger partial charge in [-0.3, -0.25) is 0 Å². The highest BCUT2D eigenvalue weighted by atomic mass is 31.2. The highest BCUT2D eigenvalue weighted by molar-refractivity contribution is 7.93. The molecule has 0 fully saturated rings. The minimum atomic E-state index is -2.22. The van der Waals surface area contributed by atoms with Crippen molar-refractivity contribution in [1.29, 1.82) is 0 Å². The van der Waals surface area contributed by atoms with Crippen molar-refractivity contribution in [3.63, 3.8) is 0 Å². The first-order valence-corrected chi connectivity index (χ1v) is 14.3. The van der Waals surface area contributed by atoms with Crippen molar-refractivity contribution in [2.45, 2.75) is 13.8 Å². The molecule has 1 heterocycles. The molecule has 36 heavy (non-hydrogen) atoms. The van der Waals surface area contributed by atoms with Crippen LogP contribution < -0.4 is 10.6 Å². The Morgan fingerprint density at radius 2 is 1.03 bits per heavy atom. The zero-order valence-corrected chi connectivity index (χ0v) is 21.8. The second-order valence-electron chi connectivity index (χ2n) is 8.83. The Hall–Kier alpha value is -3.86. The Bertz CT molecular complexity index is 1460. The lowest BCUT2D eigenvalue weighted by molar-refractivity contribution is 1.53. The number of allylic oxidation sites excluding steroid dienone is 8. The third kappa shape index (κ3) is 4.30. The van der Waals surface area contributed by atoms with Gasteiger partial charge >= 0.3 is 0 Å². The maximum atomic E-state index is 2.45. The van der Waals surface area contributed by atoms with Crippen LogP contribution in [-0.2, 0) is 0 Å². The molecule has 0 unspecified atom stereocenters. The Morgan fingerprint density at radius 3 is 1.50 bits per heavy atom. The molecule has 1 aliphatic rings. The minimum Gasteiger partial charge on any atom is -0.0871 e. The molecule has 0 aliphatic carbocycles. The predicted octanol–water partition coefficient (Wildman–Crippen LogP) is 8.38. The van der Waals surface area contributed by atoms with Crippen molar-refractivity contribution in [1.82, 2.24) is 0 Å². The molecule has 5 rings (SSSR count). The standard InChI is InChI=1S/C35H31P/c1-3-17-28(4-2)34-26-31(29-18-9-5-10-19-29)27-35(30-20-11-6-12-21-30)36(34,32-22-13-7-14-23-32)33-24-15-8-16-25-33/h3-27H,1-2H3. The summed E-state index contributed by atoms with van der Waals surface area (Å²) in [4.78, 5) is 0. The highest BCUT2D eigenvalue weighted by Gasteiger charge is 2.35. The summed E-state index contributed by atoms with van der Waals surface area (Å²) >= 11 is 0. The highest BCUT2D eigenvalue weighted by Crippen LogP contribution is 2.61. The first-order chi connectivity index (χ1) is 17.8. The Labute approximate surface area is 215 Å². The van der Waals surface area contributed by atoms with Crippen LogP contribution in [0.25, 0.3) is 5.57 Å². The van der Waals surface area contributed by atoms with Crippen LogP contribution >= 0.6 is 6.89 Å². The molecule has 0 N–H and O–H groups in total. The van der Waals surface area contributed by atoms with E-state index in [0.29, 0.717) is 0 Å². The molecule has 0 spiro atoms. The Kier molecular flexibility index (Phi) is 7.17. The van der Waals surface area contributed by atoms with Gasteiger partial charge in [-0.1, -0.05) is 140 Å². The van der Waals surface area contributed by atoms with Crippen molar-refractivity contribution in [2.75, 3.05) is 0 Å². The number of rotatable bonds is 6. The van der Waals surface area contributed by atoms with Crippen LogP contribution in [0.2, 0.25) is 0 Å². The van der Waals surface area contributed by atoms with Crippen molar-refractivity contribution >= 4 is 28.4 Å². The lowest BCUT2D eigenvalue weighted by atomic mass is 10.0. The van der Waals surface area contributed by atoms with Crippen LogP contribution in [0.3, 0.4) is 0 Å². The van der Waals surface area contributed by atoms with Crippen LogP contribution in [0.5, 0.6) is 0 Å². The fourth-order valence-electron chi connectivity index (χ4n) is 5.14. The van der Waals surface area contributed by atoms with E-state index in [2.05, 4.69) is 166 Å². The summed E-state index contributed by atoms with van der Waals surface area (Å²) in [5.74, 6) is 0. The molecule has 176 valence electrons. The van der Waals surface area contributed by atoms with Gasteiger partial charge in [-0.05, 0) is 76.4 Å². The lowest BCUT2D eigenvalue weighted by Crippen LogP contribution is -2.26. The fraction of sp³-hybridized carbons (Fsp3) is 0.0571. The van der Waals surface area contributed by atoms with Gasteiger partial charge in [-0.15, -0.1) is 0 Å². The van der Waals surface area contributed by atoms with E-state index >= 15 is 0 Å². The van der Waals surface area contributed by atoms with Gasteiger partial charge in [-0.2, -0.15) is 0 Å². The van der Waals surface area contributed by atoms with Crippen LogP contribution in [0.4, 0.5) is 0 Å². The van der Waals surface area contributed by atoms with E-state index < -0.39 is 6.89 Å². The Balaban J connectivity index is 2.04. The lowest BCUT2D eigenvalue weighted by Gasteiger charge is -2.37. The minimum absolute atomic E-state index is 1.23. The number of hydrogen-bond acceptors (Lipinski definition) is 0. The topological polar surface area (TPSA) is 0 Å². The molecular formula is C35H31P. The van der Waals surface area contributed by atoms with Gasteiger partial charge in [0.15, 0.2) is 0 Å². The van der Waals surface area contributed by atoms with Crippen molar-refractivity contribution in [3.8, 4) is 0 Å². The molecule has 1 aliphatic heterocycles. The van der Waals surface area contributed by atoms with Crippen LogP contribution in [0.1, 0.15) is 25.0 Å². The molecular weight excluding hydrogens is 451 g/mol. The predicted molar refractivity (Wildman–Crippen MR) is 161 cm³/mol. The summed E-state index contributed by atoms with van der Waals surface area (Å²) in [6.07, 6.45) is 11.6. The third-order valence-electron chi connectivity index (χ3n) is 6.72. The molecule has 4 aromatic rings. The number of benzene rings is 4. The first kappa shape index (κ1) is 23.9. The normalized spacial score (nSPS) is 15.5. The zero-order valence-electron chi connectivity index (χ0n) is 20.9. The average molecular weight is 483 g/mol. The molecule has 0 atom stereocenters. The molecule has 0 saturated carbocycles. The summed E-state index contributed by atoms with van der Waals surface area (Å²) in [5, 5.41) is 5.52. The van der Waals surface area contributed by atoms with Crippen LogP contribution in [-0.4, -0.2) is 5.29 Å². The SMILES string of the molecule is CC=CC(=CC)C1=CC(c2ccccc2)=CC(c2ccccc2)=P1(c1ccccc1)c1ccccc1. The van der Waals surface area contributed by atoms with Gasteiger partial charge in [0.25, 0.3) is 0 Å². The van der Waals surface area contributed by atoms with Gasteiger partial charge in [0.2, 0.25) is 0 Å². The molecule has 0 saturated heterocycles. The molecule has 0 nitrogen and oxygen atoms in total. The van der Waals surface area contributed by atoms with E-state index in [-0.39, 0.29) is 0 Å². The van der Waals surface area contributed by atoms with E-state index in [4.69, 9.17) is 0 Å². The molecule has 0 aromatic heterocycles. The molecule has 0 radical (unpaired) electrons. The van der Waals surface area contributed by atoms with Crippen LogP contribution in [0, 0.1) is 0 Å². The van der Waals surface area contributed by atoms with Crippen LogP contribution in [0.15, 0.2) is 163 Å². The van der Waals surface area contributed by atoms with Crippen molar-refractivity contribution in [2.24, 2.45) is 0 Å². The molecule has 4 aromatic carbocycles. The van der Waals surface area contributed by atoms with E-state index in [9.17, 15) is 0 Å². The Morgan fingerprint density at radius 1 is 0.556 bits per heavy atom. The van der Waals surface area contributed by atoms with E-state index in [1.807, 2.05) is 0 Å². The van der Waals surface area contributed by atoms with Gasteiger partial charge in [0.1, 0.15) is 0 Å². The monoisotopic (exact) mass is 482 g/mol. The second kappa shape index (κ2) is 10.8. The summed E-state index contributed by atoms with van der Waals surface area (Å²) < 4.78 is 0. The summed E-state index contributed by atoms with van der Waals surface area (Å²) in [7, 11) is 0. The van der Waals surface area contributed by atoms with Gasteiger partial charge in [0, 0.05) is 0 Å². The molecule has 1 heteroatoms. The van der Waals surface area contributed by atoms with Crippen molar-refractivity contribution in [3.05, 3.63) is 174 Å².